The molecule has 0 aliphatic carbocycles. The molecule has 2 heterocycles. The van der Waals surface area contributed by atoms with Gasteiger partial charge in [0, 0.05) is 48.7 Å². The summed E-state index contributed by atoms with van der Waals surface area (Å²) < 4.78 is 5.59. The van der Waals surface area contributed by atoms with E-state index < -0.39 is 0 Å². The average Bonchev–Trinajstić information content (AvgIpc) is 3.25. The van der Waals surface area contributed by atoms with E-state index in [9.17, 15) is 4.79 Å². The quantitative estimate of drug-likeness (QED) is 0.687. The first-order valence-electron chi connectivity index (χ1n) is 10.8. The fourth-order valence-electron chi connectivity index (χ4n) is 4.31. The van der Waals surface area contributed by atoms with Gasteiger partial charge in [-0.15, -0.1) is 0 Å². The van der Waals surface area contributed by atoms with Crippen molar-refractivity contribution >= 4 is 23.2 Å². The number of benzene rings is 2. The predicted octanol–water partition coefficient (Wildman–Crippen LogP) is 3.66. The fraction of sp³-hybridized carbons (Fsp3) is 0.417. The van der Waals surface area contributed by atoms with Crippen molar-refractivity contribution in [3.05, 3.63) is 64.7 Å². The number of likely N-dealkylation sites (N-methyl/N-ethyl adjacent to an activating group) is 1. The largest absolute Gasteiger partial charge is 0.496 e. The maximum absolute atomic E-state index is 13.4. The van der Waals surface area contributed by atoms with Crippen molar-refractivity contribution in [2.24, 2.45) is 5.10 Å². The van der Waals surface area contributed by atoms with Crippen molar-refractivity contribution in [1.82, 2.24) is 14.8 Å². The Morgan fingerprint density at radius 1 is 1.06 bits per heavy atom. The molecule has 0 saturated carbocycles. The fourth-order valence-corrected chi connectivity index (χ4v) is 4.55. The van der Waals surface area contributed by atoms with E-state index in [0.717, 1.165) is 55.3 Å². The third-order valence-electron chi connectivity index (χ3n) is 6.12. The smallest absolute Gasteiger partial charge is 0.257 e. The van der Waals surface area contributed by atoms with E-state index in [1.165, 1.54) is 0 Å². The van der Waals surface area contributed by atoms with Crippen LogP contribution in [0.5, 0.6) is 5.75 Å². The molecular weight excluding hydrogens is 412 g/mol. The number of hydrazone groups is 1. The molecule has 2 aromatic carbocycles. The minimum Gasteiger partial charge on any atom is -0.496 e. The monoisotopic (exact) mass is 440 g/mol. The summed E-state index contributed by atoms with van der Waals surface area (Å²) in [6.45, 7) is 7.37. The first-order valence-corrected chi connectivity index (χ1v) is 11.2. The lowest BCUT2D eigenvalue weighted by Crippen LogP contribution is -2.49. The van der Waals surface area contributed by atoms with Crippen LogP contribution in [0.25, 0.3) is 0 Å². The third-order valence-corrected chi connectivity index (χ3v) is 6.45. The van der Waals surface area contributed by atoms with Crippen molar-refractivity contribution in [2.45, 2.75) is 19.4 Å². The molecule has 0 spiro atoms. The van der Waals surface area contributed by atoms with Gasteiger partial charge in [-0.05, 0) is 18.7 Å². The number of carbonyl (C=O) groups excluding carboxylic acids is 1. The molecule has 0 unspecified atom stereocenters. The van der Waals surface area contributed by atoms with E-state index in [1.807, 2.05) is 48.5 Å². The number of hydrogen-bond donors (Lipinski definition) is 0. The Hall–Kier alpha value is -2.41. The third kappa shape index (κ3) is 4.76. The van der Waals surface area contributed by atoms with Gasteiger partial charge in [-0.3, -0.25) is 9.69 Å². The minimum atomic E-state index is -0.216. The maximum atomic E-state index is 13.4. The number of nitrogens with zero attached hydrogens (tertiary/aromatic N) is 4. The highest BCUT2D eigenvalue weighted by Gasteiger charge is 2.36. The van der Waals surface area contributed by atoms with Crippen LogP contribution in [-0.4, -0.2) is 72.8 Å². The summed E-state index contributed by atoms with van der Waals surface area (Å²) in [6, 6.07) is 15.3. The number of piperazine rings is 1. The second-order valence-corrected chi connectivity index (χ2v) is 8.34. The van der Waals surface area contributed by atoms with Crippen molar-refractivity contribution in [3.8, 4) is 5.75 Å². The molecule has 2 aliphatic heterocycles. The van der Waals surface area contributed by atoms with Gasteiger partial charge in [0.25, 0.3) is 5.91 Å². The summed E-state index contributed by atoms with van der Waals surface area (Å²) in [4.78, 5) is 18.0. The molecule has 1 amide bonds. The zero-order valence-electron chi connectivity index (χ0n) is 18.1. The van der Waals surface area contributed by atoms with Gasteiger partial charge in [0.15, 0.2) is 0 Å². The molecule has 1 saturated heterocycles. The number of amides is 1. The first-order chi connectivity index (χ1) is 15.1. The molecule has 2 aromatic rings. The van der Waals surface area contributed by atoms with Crippen LogP contribution < -0.4 is 4.74 Å². The average molecular weight is 441 g/mol. The van der Waals surface area contributed by atoms with Gasteiger partial charge in [-0.2, -0.15) is 5.10 Å². The van der Waals surface area contributed by atoms with Crippen LogP contribution in [0.2, 0.25) is 5.02 Å². The van der Waals surface area contributed by atoms with Gasteiger partial charge in [0.2, 0.25) is 0 Å². The number of hydrogen-bond acceptors (Lipinski definition) is 5. The first kappa shape index (κ1) is 21.8. The number of rotatable bonds is 6. The highest BCUT2D eigenvalue weighted by atomic mass is 35.5. The second-order valence-electron chi connectivity index (χ2n) is 7.94. The second kappa shape index (κ2) is 9.81. The summed E-state index contributed by atoms with van der Waals surface area (Å²) >= 11 is 6.45. The lowest BCUT2D eigenvalue weighted by atomic mass is 9.97. The highest BCUT2D eigenvalue weighted by Crippen LogP contribution is 2.38. The lowest BCUT2D eigenvalue weighted by molar-refractivity contribution is -0.134. The van der Waals surface area contributed by atoms with Crippen molar-refractivity contribution in [2.75, 3.05) is 46.4 Å². The standard InChI is InChI=1S/C24H29ClN4O2/c1-3-27-12-14-28(15-13-27)17-24(30)29-22(19-9-5-7-11-23(19)31-2)16-21(26-29)18-8-4-6-10-20(18)25/h4-11,22H,3,12-17H2,1-2H3/t22-/m1/s1. The van der Waals surface area contributed by atoms with E-state index >= 15 is 0 Å². The van der Waals surface area contributed by atoms with Crippen LogP contribution in [0.3, 0.4) is 0 Å². The summed E-state index contributed by atoms with van der Waals surface area (Å²) in [6.07, 6.45) is 0.597. The molecule has 0 radical (unpaired) electrons. The lowest BCUT2D eigenvalue weighted by Gasteiger charge is -2.34. The predicted molar refractivity (Wildman–Crippen MR) is 124 cm³/mol. The number of carbonyl (C=O) groups is 1. The van der Waals surface area contributed by atoms with Gasteiger partial charge in [-0.25, -0.2) is 5.01 Å². The Balaban J connectivity index is 1.60. The molecule has 31 heavy (non-hydrogen) atoms. The number of halogens is 1. The van der Waals surface area contributed by atoms with E-state index in [4.69, 9.17) is 21.4 Å². The molecule has 1 atom stereocenters. The van der Waals surface area contributed by atoms with E-state index in [-0.39, 0.29) is 11.9 Å². The number of para-hydroxylation sites is 1. The zero-order chi connectivity index (χ0) is 21.8. The Morgan fingerprint density at radius 2 is 1.74 bits per heavy atom. The van der Waals surface area contributed by atoms with Crippen molar-refractivity contribution in [3.63, 3.8) is 0 Å². The minimum absolute atomic E-state index is 0.00269. The van der Waals surface area contributed by atoms with Crippen LogP contribution in [0.4, 0.5) is 0 Å². The Bertz CT molecular complexity index is 956. The van der Waals surface area contributed by atoms with Crippen LogP contribution in [0, 0.1) is 0 Å². The van der Waals surface area contributed by atoms with E-state index in [1.54, 1.807) is 12.1 Å². The van der Waals surface area contributed by atoms with Crippen LogP contribution in [-0.2, 0) is 4.79 Å². The van der Waals surface area contributed by atoms with Gasteiger partial charge in [0.1, 0.15) is 5.75 Å². The Labute approximate surface area is 189 Å². The van der Waals surface area contributed by atoms with E-state index in [0.29, 0.717) is 18.0 Å². The zero-order valence-corrected chi connectivity index (χ0v) is 18.9. The summed E-state index contributed by atoms with van der Waals surface area (Å²) in [5, 5.41) is 7.06. The summed E-state index contributed by atoms with van der Waals surface area (Å²) in [5.74, 6) is 0.764. The SMILES string of the molecule is CCN1CCN(CC(=O)N2N=C(c3ccccc3Cl)C[C@@H]2c2ccccc2OC)CC1. The van der Waals surface area contributed by atoms with E-state index in [2.05, 4.69) is 16.7 Å². The van der Waals surface area contributed by atoms with Crippen molar-refractivity contribution in [1.29, 1.82) is 0 Å². The van der Waals surface area contributed by atoms with Gasteiger partial charge in [0.05, 0.1) is 25.4 Å². The molecule has 6 nitrogen and oxygen atoms in total. The van der Waals surface area contributed by atoms with Gasteiger partial charge >= 0.3 is 0 Å². The number of methoxy groups -OCH3 is 1. The number of ether oxygens (including phenoxy) is 1. The Morgan fingerprint density at radius 3 is 2.45 bits per heavy atom. The topological polar surface area (TPSA) is 48.4 Å². The molecule has 4 rings (SSSR count). The van der Waals surface area contributed by atoms with Gasteiger partial charge < -0.3 is 9.64 Å². The molecule has 0 N–H and O–H groups in total. The van der Waals surface area contributed by atoms with Crippen LogP contribution in [0.1, 0.15) is 30.5 Å². The summed E-state index contributed by atoms with van der Waals surface area (Å²) in [5.41, 5.74) is 2.65. The molecule has 164 valence electrons. The molecule has 2 aliphatic rings. The highest BCUT2D eigenvalue weighted by molar-refractivity contribution is 6.34. The summed E-state index contributed by atoms with van der Waals surface area (Å²) in [7, 11) is 1.66. The van der Waals surface area contributed by atoms with Crippen LogP contribution >= 0.6 is 11.6 Å². The van der Waals surface area contributed by atoms with Gasteiger partial charge in [-0.1, -0.05) is 54.9 Å². The maximum Gasteiger partial charge on any atom is 0.257 e. The Kier molecular flexibility index (Phi) is 6.90. The van der Waals surface area contributed by atoms with Crippen LogP contribution in [0.15, 0.2) is 53.6 Å². The molecule has 7 heteroatoms. The molecule has 1 fully saturated rings. The molecule has 0 bridgehead atoms. The van der Waals surface area contributed by atoms with Crippen molar-refractivity contribution < 1.29 is 9.53 Å². The normalized spacial score (nSPS) is 20.0. The molecule has 0 aromatic heterocycles. The molecular formula is C24H29ClN4O2.